The minimum atomic E-state index is -2.56. The van der Waals surface area contributed by atoms with Gasteiger partial charge < -0.3 is 37.7 Å². The second kappa shape index (κ2) is 15.9. The number of hydrogen-bond donors (Lipinski definition) is 4. The highest BCUT2D eigenvalue weighted by Crippen LogP contribution is 2.32. The Morgan fingerprint density at radius 3 is 1.27 bits per heavy atom. The van der Waals surface area contributed by atoms with Gasteiger partial charge in [-0.1, -0.05) is 19.9 Å². The topological polar surface area (TPSA) is 119 Å². The molecule has 260 valence electrons. The van der Waals surface area contributed by atoms with E-state index < -0.39 is 50.4 Å². The molecule has 4 amide bonds. The molecule has 0 saturated carbocycles. The predicted octanol–water partition coefficient (Wildman–Crippen LogP) is 8.57. The number of carbonyl (C=O) groups is 2. The molecule has 0 aliphatic heterocycles. The molecular weight excluding hydrogens is 669 g/mol. The maximum Gasteiger partial charge on any atom is 0.319 e. The summed E-state index contributed by atoms with van der Waals surface area (Å²) in [4.78, 5) is 25.9. The fourth-order valence-electron chi connectivity index (χ4n) is 4.91. The highest BCUT2D eigenvalue weighted by Gasteiger charge is 2.46. The molecule has 0 heterocycles. The highest BCUT2D eigenvalue weighted by molar-refractivity contribution is 6.89. The molecule has 0 saturated heterocycles. The van der Waals surface area contributed by atoms with Crippen LogP contribution >= 0.6 is 0 Å². The number of anilines is 2. The normalized spacial score (nSPS) is 14.9. The predicted molar refractivity (Wildman–Crippen MR) is 205 cm³/mol. The molecule has 10 nitrogen and oxygen atoms in total. The SMILES string of the molecule is Cc1ccc(NC(=O)NCC(C)[Si](C)(O[Si](C)(C)C)O[Si](C)(C)C)cc1NC(=O)NCC(C)[Si](C)(O[Si](C)(C)C)O[Si](C)(C)C. The van der Waals surface area contributed by atoms with Gasteiger partial charge in [-0.3, -0.25) is 0 Å². The third kappa shape index (κ3) is 16.5. The van der Waals surface area contributed by atoms with Crippen LogP contribution in [0.2, 0.25) is 103 Å². The monoisotopic (exact) mass is 732 g/mol. The van der Waals surface area contributed by atoms with Gasteiger partial charge in [0.25, 0.3) is 0 Å². The third-order valence-electron chi connectivity index (χ3n) is 6.71. The van der Waals surface area contributed by atoms with Crippen LogP contribution in [0.3, 0.4) is 0 Å². The molecule has 0 bridgehead atoms. The van der Waals surface area contributed by atoms with Crippen LogP contribution in [0.4, 0.5) is 21.0 Å². The van der Waals surface area contributed by atoms with Gasteiger partial charge in [-0.2, -0.15) is 0 Å². The number of nitrogens with one attached hydrogen (secondary N) is 4. The molecular formula is C29H64N4O6Si6. The Balaban J connectivity index is 2.88. The van der Waals surface area contributed by atoms with E-state index in [0.717, 1.165) is 5.56 Å². The maximum atomic E-state index is 13.0. The molecule has 0 fully saturated rings. The zero-order chi connectivity index (χ0) is 35.2. The molecule has 45 heavy (non-hydrogen) atoms. The van der Waals surface area contributed by atoms with Gasteiger partial charge in [0.05, 0.1) is 0 Å². The summed E-state index contributed by atoms with van der Waals surface area (Å²) in [7, 11) is -12.5. The van der Waals surface area contributed by atoms with Crippen molar-refractivity contribution >= 4 is 73.8 Å². The lowest BCUT2D eigenvalue weighted by Crippen LogP contribution is -2.56. The molecule has 4 N–H and O–H groups in total. The fourth-order valence-corrected chi connectivity index (χ4v) is 29.6. The zero-order valence-corrected chi connectivity index (χ0v) is 37.3. The standard InChI is InChI=1S/C29H64N4O6Si6/c1-23-18-19-26(32-28(34)30-21-24(2)44(16,36-40(4,5)6)37-41(7,8)9)20-27(23)33-29(35)31-22-25(3)45(17,38-42(10,11)12)39-43(13,14)15/h18-20,24-25H,21-22H2,1-17H3,(H2,30,32,34)(H2,31,33,35). The fraction of sp³-hybridized carbons (Fsp3) is 0.724. The molecule has 0 aliphatic rings. The van der Waals surface area contributed by atoms with Crippen LogP contribution < -0.4 is 21.3 Å². The van der Waals surface area contributed by atoms with Crippen LogP contribution in [-0.2, 0) is 16.5 Å². The number of hydrogen-bond acceptors (Lipinski definition) is 6. The molecule has 0 aliphatic carbocycles. The average Bonchev–Trinajstić information content (AvgIpc) is 2.78. The van der Waals surface area contributed by atoms with Crippen molar-refractivity contribution in [3.63, 3.8) is 0 Å². The van der Waals surface area contributed by atoms with E-state index in [-0.39, 0.29) is 23.1 Å². The molecule has 16 heteroatoms. The molecule has 2 unspecified atom stereocenters. The Hall–Kier alpha value is -1.10. The third-order valence-corrected chi connectivity index (χ3v) is 27.0. The van der Waals surface area contributed by atoms with Crippen LogP contribution in [0.1, 0.15) is 19.4 Å². The van der Waals surface area contributed by atoms with Crippen LogP contribution in [0.25, 0.3) is 0 Å². The van der Waals surface area contributed by atoms with E-state index in [1.54, 1.807) is 6.07 Å². The maximum absolute atomic E-state index is 13.0. The summed E-state index contributed by atoms with van der Waals surface area (Å²) in [5.41, 5.74) is 2.20. The molecule has 0 aromatic heterocycles. The van der Waals surface area contributed by atoms with Crippen molar-refractivity contribution in [3.8, 4) is 0 Å². The molecule has 2 atom stereocenters. The van der Waals surface area contributed by atoms with Gasteiger partial charge in [0.15, 0.2) is 33.3 Å². The van der Waals surface area contributed by atoms with E-state index in [4.69, 9.17) is 16.5 Å². The van der Waals surface area contributed by atoms with Gasteiger partial charge in [-0.15, -0.1) is 0 Å². The summed E-state index contributed by atoms with van der Waals surface area (Å²) >= 11 is 0. The first-order valence-electron chi connectivity index (χ1n) is 16.0. The van der Waals surface area contributed by atoms with Crippen LogP contribution in [0.5, 0.6) is 0 Å². The lowest BCUT2D eigenvalue weighted by atomic mass is 10.2. The van der Waals surface area contributed by atoms with Gasteiger partial charge in [-0.05, 0) is 116 Å². The molecule has 0 spiro atoms. The summed E-state index contributed by atoms with van der Waals surface area (Å²) in [5.74, 6) is 0. The second-order valence-electron chi connectivity index (χ2n) is 16.4. The lowest BCUT2D eigenvalue weighted by molar-refractivity contribution is 0.250. The number of amides is 4. The van der Waals surface area contributed by atoms with Gasteiger partial charge in [0.2, 0.25) is 0 Å². The summed E-state index contributed by atoms with van der Waals surface area (Å²) in [5, 5.41) is 11.9. The summed E-state index contributed by atoms with van der Waals surface area (Å²) < 4.78 is 26.6. The second-order valence-corrected chi connectivity index (χ2v) is 42.6. The number of aryl methyl sites for hydroxylation is 1. The quantitative estimate of drug-likeness (QED) is 0.127. The summed E-state index contributed by atoms with van der Waals surface area (Å²) in [6.07, 6.45) is 0. The van der Waals surface area contributed by atoms with Gasteiger partial charge in [0.1, 0.15) is 0 Å². The van der Waals surface area contributed by atoms with Crippen molar-refractivity contribution < 1.29 is 26.0 Å². The average molecular weight is 733 g/mol. The van der Waals surface area contributed by atoms with Crippen molar-refractivity contribution in [2.75, 3.05) is 23.7 Å². The van der Waals surface area contributed by atoms with E-state index in [9.17, 15) is 9.59 Å². The Morgan fingerprint density at radius 2 is 0.933 bits per heavy atom. The zero-order valence-electron chi connectivity index (χ0n) is 31.3. The van der Waals surface area contributed by atoms with Crippen molar-refractivity contribution in [2.45, 2.75) is 124 Å². The smallest absolute Gasteiger partial charge is 0.319 e. The highest BCUT2D eigenvalue weighted by atomic mass is 28.5. The number of carbonyl (C=O) groups excluding carboxylic acids is 2. The van der Waals surface area contributed by atoms with E-state index in [0.29, 0.717) is 24.5 Å². The van der Waals surface area contributed by atoms with Crippen LogP contribution in [-0.4, -0.2) is 75.5 Å². The van der Waals surface area contributed by atoms with Crippen LogP contribution in [0.15, 0.2) is 18.2 Å². The van der Waals surface area contributed by atoms with E-state index in [1.807, 2.05) is 19.1 Å². The van der Waals surface area contributed by atoms with Gasteiger partial charge in [-0.25, -0.2) is 9.59 Å². The summed E-state index contributed by atoms with van der Waals surface area (Å²) in [6.45, 7) is 37.3. The van der Waals surface area contributed by atoms with E-state index in [1.165, 1.54) is 0 Å². The Labute approximate surface area is 280 Å². The minimum Gasteiger partial charge on any atom is -0.436 e. The molecule has 1 aromatic carbocycles. The first kappa shape index (κ1) is 41.9. The Morgan fingerprint density at radius 1 is 0.600 bits per heavy atom. The van der Waals surface area contributed by atoms with Crippen molar-refractivity contribution in [1.29, 1.82) is 0 Å². The van der Waals surface area contributed by atoms with E-state index in [2.05, 4.69) is 127 Å². The van der Waals surface area contributed by atoms with E-state index >= 15 is 0 Å². The van der Waals surface area contributed by atoms with Crippen LogP contribution in [0, 0.1) is 6.92 Å². The number of rotatable bonds is 16. The van der Waals surface area contributed by atoms with Gasteiger partial charge >= 0.3 is 29.2 Å². The van der Waals surface area contributed by atoms with Crippen molar-refractivity contribution in [3.05, 3.63) is 23.8 Å². The Bertz CT molecular complexity index is 1120. The largest absolute Gasteiger partial charge is 0.436 e. The summed E-state index contributed by atoms with van der Waals surface area (Å²) in [6, 6.07) is 4.83. The number of urea groups is 2. The minimum absolute atomic E-state index is 0.0547. The first-order valence-corrected chi connectivity index (χ1v) is 34.5. The lowest BCUT2D eigenvalue weighted by Gasteiger charge is -2.42. The van der Waals surface area contributed by atoms with Crippen molar-refractivity contribution in [2.24, 2.45) is 0 Å². The molecule has 1 aromatic rings. The Kier molecular flexibility index (Phi) is 14.8. The first-order chi connectivity index (χ1) is 20.0. The molecule has 0 radical (unpaired) electrons. The number of benzene rings is 1. The molecule has 1 rings (SSSR count). The van der Waals surface area contributed by atoms with Gasteiger partial charge in [0, 0.05) is 35.5 Å². The van der Waals surface area contributed by atoms with Crippen molar-refractivity contribution in [1.82, 2.24) is 10.6 Å².